The Hall–Kier alpha value is -3.13. The Morgan fingerprint density at radius 3 is 2.76 bits per heavy atom. The molecule has 4 heterocycles. The van der Waals surface area contributed by atoms with Crippen molar-refractivity contribution in [2.24, 2.45) is 5.92 Å². The van der Waals surface area contributed by atoms with E-state index in [1.54, 1.807) is 11.1 Å². The first kappa shape index (κ1) is 21.7. The number of carbonyl (C=O) groups excluding carboxylic acids is 1. The first-order valence-electron chi connectivity index (χ1n) is 10.9. The SMILES string of the molecule is Nc1nc(-c2[nH]ncc2N(C=O)CC2CCCC2)nc2c1ncn2[C@@H]1O[C@H](CO)[C@@H](O)[C@H]1O. The Bertz CT molecular complexity index is 1140. The molecule has 0 aromatic carbocycles. The van der Waals surface area contributed by atoms with Crippen LogP contribution in [0.2, 0.25) is 0 Å². The van der Waals surface area contributed by atoms with Crippen LogP contribution >= 0.6 is 0 Å². The van der Waals surface area contributed by atoms with Crippen LogP contribution in [-0.4, -0.2) is 82.9 Å². The summed E-state index contributed by atoms with van der Waals surface area (Å²) in [6.07, 6.45) is 3.64. The molecular weight excluding hydrogens is 432 g/mol. The number of rotatable bonds is 7. The van der Waals surface area contributed by atoms with E-state index in [1.807, 2.05) is 0 Å². The summed E-state index contributed by atoms with van der Waals surface area (Å²) in [5.74, 6) is 0.716. The first-order valence-corrected chi connectivity index (χ1v) is 10.9. The minimum Gasteiger partial charge on any atom is -0.394 e. The number of carbonyl (C=O) groups is 1. The summed E-state index contributed by atoms with van der Waals surface area (Å²) in [5, 5.41) is 36.9. The number of H-pyrrole nitrogens is 1. The van der Waals surface area contributed by atoms with Gasteiger partial charge in [0.2, 0.25) is 6.41 Å². The molecule has 0 bridgehead atoms. The zero-order valence-electron chi connectivity index (χ0n) is 17.8. The van der Waals surface area contributed by atoms with Gasteiger partial charge in [0, 0.05) is 6.54 Å². The highest BCUT2D eigenvalue weighted by Crippen LogP contribution is 2.34. The number of nitrogens with zero attached hydrogens (tertiary/aromatic N) is 6. The predicted octanol–water partition coefficient (Wildman–Crippen LogP) is -0.437. The molecule has 13 nitrogen and oxygen atoms in total. The van der Waals surface area contributed by atoms with Crippen molar-refractivity contribution in [2.75, 3.05) is 23.8 Å². The summed E-state index contributed by atoms with van der Waals surface area (Å²) in [5.41, 5.74) is 7.65. The van der Waals surface area contributed by atoms with E-state index in [2.05, 4.69) is 25.1 Å². The largest absolute Gasteiger partial charge is 0.394 e. The van der Waals surface area contributed by atoms with Crippen LogP contribution in [0.25, 0.3) is 22.7 Å². The highest BCUT2D eigenvalue weighted by atomic mass is 16.6. The summed E-state index contributed by atoms with van der Waals surface area (Å²) in [6.45, 7) is 0.123. The Morgan fingerprint density at radius 1 is 1.27 bits per heavy atom. The molecule has 13 heteroatoms. The maximum atomic E-state index is 11.9. The fourth-order valence-electron chi connectivity index (χ4n) is 4.68. The van der Waals surface area contributed by atoms with Crippen LogP contribution in [0.15, 0.2) is 12.5 Å². The van der Waals surface area contributed by atoms with E-state index >= 15 is 0 Å². The van der Waals surface area contributed by atoms with Crippen molar-refractivity contribution in [3.05, 3.63) is 12.5 Å². The fourth-order valence-corrected chi connectivity index (χ4v) is 4.68. The van der Waals surface area contributed by atoms with Crippen molar-refractivity contribution in [2.45, 2.75) is 50.2 Å². The van der Waals surface area contributed by atoms with Crippen molar-refractivity contribution < 1.29 is 24.9 Å². The zero-order chi connectivity index (χ0) is 23.1. The second-order valence-electron chi connectivity index (χ2n) is 8.52. The van der Waals surface area contributed by atoms with Crippen molar-refractivity contribution in [1.29, 1.82) is 0 Å². The van der Waals surface area contributed by atoms with Gasteiger partial charge >= 0.3 is 0 Å². The molecule has 1 saturated heterocycles. The normalized spacial score (nSPS) is 25.8. The van der Waals surface area contributed by atoms with Gasteiger partial charge in [-0.25, -0.2) is 15.0 Å². The molecule has 176 valence electrons. The smallest absolute Gasteiger partial charge is 0.214 e. The third-order valence-electron chi connectivity index (χ3n) is 6.45. The van der Waals surface area contributed by atoms with Crippen molar-refractivity contribution in [3.8, 4) is 11.5 Å². The van der Waals surface area contributed by atoms with E-state index in [-0.39, 0.29) is 22.8 Å². The molecule has 0 radical (unpaired) electrons. The average molecular weight is 458 g/mol. The third kappa shape index (κ3) is 3.72. The maximum Gasteiger partial charge on any atom is 0.214 e. The van der Waals surface area contributed by atoms with Crippen LogP contribution in [0.5, 0.6) is 0 Å². The fraction of sp³-hybridized carbons (Fsp3) is 0.550. The van der Waals surface area contributed by atoms with Crippen molar-refractivity contribution in [3.63, 3.8) is 0 Å². The average Bonchev–Trinajstić information content (AvgIpc) is 3.60. The van der Waals surface area contributed by atoms with E-state index in [9.17, 15) is 20.1 Å². The number of nitrogens with one attached hydrogen (secondary N) is 1. The molecule has 33 heavy (non-hydrogen) atoms. The number of hydrogen-bond acceptors (Lipinski definition) is 10. The van der Waals surface area contributed by atoms with Crippen LogP contribution in [0, 0.1) is 5.92 Å². The number of ether oxygens (including phenoxy) is 1. The van der Waals surface area contributed by atoms with Crippen LogP contribution in [0.3, 0.4) is 0 Å². The first-order chi connectivity index (χ1) is 16.0. The number of aliphatic hydroxyl groups excluding tert-OH is 3. The minimum atomic E-state index is -1.31. The summed E-state index contributed by atoms with van der Waals surface area (Å²) in [4.78, 5) is 26.6. The number of aliphatic hydroxyl groups is 3. The lowest BCUT2D eigenvalue weighted by Crippen LogP contribution is -2.33. The number of nitrogens with two attached hydrogens (primary N) is 1. The molecule has 0 spiro atoms. The molecule has 1 amide bonds. The number of hydrogen-bond donors (Lipinski definition) is 5. The molecule has 2 aliphatic rings. The van der Waals surface area contributed by atoms with Gasteiger partial charge in [0.1, 0.15) is 29.5 Å². The van der Waals surface area contributed by atoms with Gasteiger partial charge in [-0.2, -0.15) is 5.10 Å². The molecule has 3 aromatic heterocycles. The molecule has 6 N–H and O–H groups in total. The number of fused-ring (bicyclic) bond motifs is 1. The van der Waals surface area contributed by atoms with Crippen LogP contribution in [-0.2, 0) is 9.53 Å². The van der Waals surface area contributed by atoms with Crippen molar-refractivity contribution >= 4 is 29.1 Å². The van der Waals surface area contributed by atoms with Gasteiger partial charge in [-0.1, -0.05) is 12.8 Å². The molecule has 5 rings (SSSR count). The third-order valence-corrected chi connectivity index (χ3v) is 6.45. The van der Waals surface area contributed by atoms with Crippen molar-refractivity contribution in [1.82, 2.24) is 29.7 Å². The molecule has 4 atom stereocenters. The van der Waals surface area contributed by atoms with Crippen LogP contribution in [0.4, 0.5) is 11.5 Å². The van der Waals surface area contributed by atoms with E-state index in [0.29, 0.717) is 23.8 Å². The zero-order valence-corrected chi connectivity index (χ0v) is 17.8. The summed E-state index contributed by atoms with van der Waals surface area (Å²) in [6, 6.07) is 0. The lowest BCUT2D eigenvalue weighted by molar-refractivity contribution is -0.107. The summed E-state index contributed by atoms with van der Waals surface area (Å²) < 4.78 is 7.05. The molecule has 2 fully saturated rings. The number of amides is 1. The lowest BCUT2D eigenvalue weighted by Gasteiger charge is -2.21. The monoisotopic (exact) mass is 458 g/mol. The Morgan fingerprint density at radius 2 is 2.06 bits per heavy atom. The molecular formula is C20H26N8O5. The predicted molar refractivity (Wildman–Crippen MR) is 116 cm³/mol. The van der Waals surface area contributed by atoms with Gasteiger partial charge in [0.15, 0.2) is 23.5 Å². The molecule has 1 aliphatic carbocycles. The van der Waals surface area contributed by atoms with Gasteiger partial charge in [-0.15, -0.1) is 0 Å². The van der Waals surface area contributed by atoms with E-state index < -0.39 is 31.1 Å². The van der Waals surface area contributed by atoms with Crippen LogP contribution in [0.1, 0.15) is 31.9 Å². The Labute approximate surface area is 188 Å². The Kier molecular flexibility index (Phi) is 5.70. The summed E-state index contributed by atoms with van der Waals surface area (Å²) in [7, 11) is 0. The molecule has 0 unspecified atom stereocenters. The van der Waals surface area contributed by atoms with E-state index in [4.69, 9.17) is 10.5 Å². The topological polar surface area (TPSA) is 189 Å². The number of aromatic amines is 1. The molecule has 1 aliphatic heterocycles. The Balaban J connectivity index is 1.52. The van der Waals surface area contributed by atoms with Gasteiger partial charge in [0.05, 0.1) is 24.8 Å². The molecule has 3 aromatic rings. The maximum absolute atomic E-state index is 11.9. The van der Waals surface area contributed by atoms with E-state index in [1.165, 1.54) is 10.9 Å². The summed E-state index contributed by atoms with van der Waals surface area (Å²) >= 11 is 0. The van der Waals surface area contributed by atoms with Crippen LogP contribution < -0.4 is 10.6 Å². The second kappa shape index (κ2) is 8.67. The quantitative estimate of drug-likeness (QED) is 0.290. The standard InChI is InChI=1S/C20H26N8O5/c21-17-14-19(28(8-22-14)20-16(32)15(31)12(7-29)33-20)25-18(24-17)13-11(5-23-26-13)27(9-30)6-10-3-1-2-4-10/h5,8-10,12,15-16,20,29,31-32H,1-4,6-7H2,(H,23,26)(H2,21,24,25)/t12-,15-,16-,20-/m1/s1. The number of nitrogen functional groups attached to an aromatic ring is 1. The van der Waals surface area contributed by atoms with E-state index in [0.717, 1.165) is 32.1 Å². The second-order valence-corrected chi connectivity index (χ2v) is 8.52. The number of aromatic nitrogens is 6. The van der Waals surface area contributed by atoms with Gasteiger partial charge in [0.25, 0.3) is 0 Å². The highest BCUT2D eigenvalue weighted by Gasteiger charge is 2.44. The lowest BCUT2D eigenvalue weighted by atomic mass is 10.1. The molecule has 1 saturated carbocycles. The number of anilines is 2. The minimum absolute atomic E-state index is 0.0921. The van der Waals surface area contributed by atoms with Gasteiger partial charge < -0.3 is 30.7 Å². The van der Waals surface area contributed by atoms with Gasteiger partial charge in [-0.05, 0) is 18.8 Å². The number of imidazole rings is 1. The highest BCUT2D eigenvalue weighted by molar-refractivity contribution is 5.87. The van der Waals surface area contributed by atoms with Gasteiger partial charge in [-0.3, -0.25) is 14.5 Å².